The van der Waals surface area contributed by atoms with Crippen molar-refractivity contribution in [2.24, 2.45) is 5.41 Å². The Kier molecular flexibility index (Phi) is 4.71. The number of hydrogen-bond acceptors (Lipinski definition) is 4. The normalized spacial score (nSPS) is 14.3. The molecule has 0 saturated heterocycles. The van der Waals surface area contributed by atoms with Crippen LogP contribution in [0.1, 0.15) is 27.7 Å². The van der Waals surface area contributed by atoms with Crippen molar-refractivity contribution in [3.8, 4) is 5.75 Å². The Hall–Kier alpha value is -1.27. The van der Waals surface area contributed by atoms with Crippen LogP contribution in [0.25, 0.3) is 0 Å². The molecule has 1 atom stereocenters. The van der Waals surface area contributed by atoms with E-state index in [2.05, 4.69) is 0 Å². The van der Waals surface area contributed by atoms with Crippen LogP contribution in [0, 0.1) is 5.41 Å². The standard InChI is InChI=1S/C14H24N2O3S/c1-10(14(2,3)4)16(5)20(17,18)11-7-8-12(15)13(9-11)19-6/h7-10H,15H2,1-6H3. The van der Waals surface area contributed by atoms with Gasteiger partial charge in [0.1, 0.15) is 5.75 Å². The molecule has 0 aliphatic rings. The van der Waals surface area contributed by atoms with E-state index in [4.69, 9.17) is 10.5 Å². The number of nitrogens with two attached hydrogens (primary N) is 1. The van der Waals surface area contributed by atoms with Crippen LogP contribution >= 0.6 is 0 Å². The first-order chi connectivity index (χ1) is 9.01. The summed E-state index contributed by atoms with van der Waals surface area (Å²) in [5.41, 5.74) is 5.98. The summed E-state index contributed by atoms with van der Waals surface area (Å²) in [7, 11) is -0.520. The van der Waals surface area contributed by atoms with Gasteiger partial charge < -0.3 is 10.5 Å². The van der Waals surface area contributed by atoms with Gasteiger partial charge in [-0.05, 0) is 24.5 Å². The minimum Gasteiger partial charge on any atom is -0.495 e. The Balaban J connectivity index is 3.23. The van der Waals surface area contributed by atoms with E-state index in [0.29, 0.717) is 11.4 Å². The zero-order valence-corrected chi connectivity index (χ0v) is 13.8. The smallest absolute Gasteiger partial charge is 0.243 e. The van der Waals surface area contributed by atoms with Gasteiger partial charge in [0.15, 0.2) is 0 Å². The highest BCUT2D eigenvalue weighted by molar-refractivity contribution is 7.89. The number of rotatable bonds is 4. The predicted octanol–water partition coefficient (Wildman–Crippen LogP) is 2.33. The van der Waals surface area contributed by atoms with Gasteiger partial charge in [-0.25, -0.2) is 8.42 Å². The molecule has 0 aliphatic carbocycles. The maximum Gasteiger partial charge on any atom is 0.243 e. The van der Waals surface area contributed by atoms with Crippen LogP contribution in [0.4, 0.5) is 5.69 Å². The summed E-state index contributed by atoms with van der Waals surface area (Å²) in [6.07, 6.45) is 0. The largest absolute Gasteiger partial charge is 0.495 e. The molecule has 1 aromatic carbocycles. The van der Waals surface area contributed by atoms with Crippen molar-refractivity contribution in [3.63, 3.8) is 0 Å². The second kappa shape index (κ2) is 5.61. The van der Waals surface area contributed by atoms with Gasteiger partial charge >= 0.3 is 0 Å². The number of nitrogen functional groups attached to an aromatic ring is 1. The van der Waals surface area contributed by atoms with Gasteiger partial charge in [-0.2, -0.15) is 4.31 Å². The van der Waals surface area contributed by atoms with E-state index in [1.54, 1.807) is 13.1 Å². The quantitative estimate of drug-likeness (QED) is 0.866. The van der Waals surface area contributed by atoms with E-state index in [1.165, 1.54) is 23.5 Å². The molecule has 1 unspecified atom stereocenters. The summed E-state index contributed by atoms with van der Waals surface area (Å²) in [6, 6.07) is 4.35. The fraction of sp³-hybridized carbons (Fsp3) is 0.571. The summed E-state index contributed by atoms with van der Waals surface area (Å²) in [6.45, 7) is 7.92. The van der Waals surface area contributed by atoms with Crippen LogP contribution < -0.4 is 10.5 Å². The lowest BCUT2D eigenvalue weighted by Gasteiger charge is -2.34. The zero-order chi connectivity index (χ0) is 15.7. The molecular weight excluding hydrogens is 276 g/mol. The second-order valence-corrected chi connectivity index (χ2v) is 7.96. The van der Waals surface area contributed by atoms with Crippen molar-refractivity contribution < 1.29 is 13.2 Å². The lowest BCUT2D eigenvalue weighted by atomic mass is 9.88. The van der Waals surface area contributed by atoms with E-state index in [1.807, 2.05) is 27.7 Å². The van der Waals surface area contributed by atoms with Gasteiger partial charge in [-0.15, -0.1) is 0 Å². The van der Waals surface area contributed by atoms with Gasteiger partial charge in [0.25, 0.3) is 0 Å². The van der Waals surface area contributed by atoms with Crippen molar-refractivity contribution in [3.05, 3.63) is 18.2 Å². The third-order valence-electron chi connectivity index (χ3n) is 3.68. The van der Waals surface area contributed by atoms with Gasteiger partial charge in [0.2, 0.25) is 10.0 Å². The van der Waals surface area contributed by atoms with Crippen molar-refractivity contribution in [1.29, 1.82) is 0 Å². The molecule has 114 valence electrons. The molecule has 5 nitrogen and oxygen atoms in total. The summed E-state index contributed by atoms with van der Waals surface area (Å²) in [5, 5.41) is 0. The predicted molar refractivity (Wildman–Crippen MR) is 81.3 cm³/mol. The fourth-order valence-electron chi connectivity index (χ4n) is 1.77. The van der Waals surface area contributed by atoms with Crippen LogP contribution in [0.5, 0.6) is 5.75 Å². The Morgan fingerprint density at radius 3 is 2.30 bits per heavy atom. The molecule has 1 aromatic rings. The molecule has 0 heterocycles. The number of benzene rings is 1. The zero-order valence-electron chi connectivity index (χ0n) is 13.0. The van der Waals surface area contributed by atoms with Gasteiger partial charge in [0.05, 0.1) is 17.7 Å². The summed E-state index contributed by atoms with van der Waals surface area (Å²) in [4.78, 5) is 0.183. The van der Waals surface area contributed by atoms with Crippen molar-refractivity contribution >= 4 is 15.7 Å². The lowest BCUT2D eigenvalue weighted by molar-refractivity contribution is 0.216. The van der Waals surface area contributed by atoms with Crippen LogP contribution in [-0.4, -0.2) is 32.9 Å². The average molecular weight is 300 g/mol. The van der Waals surface area contributed by atoms with E-state index in [-0.39, 0.29) is 16.4 Å². The molecule has 0 amide bonds. The number of sulfonamides is 1. The van der Waals surface area contributed by atoms with Gasteiger partial charge in [-0.3, -0.25) is 0 Å². The molecule has 0 aliphatic heterocycles. The Morgan fingerprint density at radius 1 is 1.30 bits per heavy atom. The van der Waals surface area contributed by atoms with Gasteiger partial charge in [0, 0.05) is 19.2 Å². The number of methoxy groups -OCH3 is 1. The van der Waals surface area contributed by atoms with E-state index >= 15 is 0 Å². The highest BCUT2D eigenvalue weighted by Crippen LogP contribution is 2.30. The lowest BCUT2D eigenvalue weighted by Crippen LogP contribution is -2.42. The first kappa shape index (κ1) is 16.8. The average Bonchev–Trinajstić information content (AvgIpc) is 2.36. The van der Waals surface area contributed by atoms with Gasteiger partial charge in [-0.1, -0.05) is 20.8 Å². The molecule has 0 bridgehead atoms. The first-order valence-electron chi connectivity index (χ1n) is 6.43. The molecule has 0 spiro atoms. The van der Waals surface area contributed by atoms with Crippen molar-refractivity contribution in [1.82, 2.24) is 4.31 Å². The van der Waals surface area contributed by atoms with E-state index in [9.17, 15) is 8.42 Å². The summed E-state index contributed by atoms with van der Waals surface area (Å²) in [5.74, 6) is 0.364. The molecule has 0 radical (unpaired) electrons. The van der Waals surface area contributed by atoms with Crippen LogP contribution in [0.15, 0.2) is 23.1 Å². The summed E-state index contributed by atoms with van der Waals surface area (Å²) >= 11 is 0. The number of anilines is 1. The minimum absolute atomic E-state index is 0.143. The molecule has 0 fully saturated rings. The third kappa shape index (κ3) is 3.24. The third-order valence-corrected chi connectivity index (χ3v) is 5.60. The summed E-state index contributed by atoms with van der Waals surface area (Å²) < 4.78 is 31.7. The fourth-order valence-corrected chi connectivity index (χ4v) is 3.33. The Bertz CT molecular complexity index is 577. The molecule has 0 saturated carbocycles. The maximum absolute atomic E-state index is 12.6. The molecule has 6 heteroatoms. The van der Waals surface area contributed by atoms with E-state index < -0.39 is 10.0 Å². The van der Waals surface area contributed by atoms with Crippen molar-refractivity contribution in [2.45, 2.75) is 38.6 Å². The molecule has 2 N–H and O–H groups in total. The van der Waals surface area contributed by atoms with E-state index in [0.717, 1.165) is 0 Å². The number of ether oxygens (including phenoxy) is 1. The molecule has 20 heavy (non-hydrogen) atoms. The molecule has 0 aromatic heterocycles. The first-order valence-corrected chi connectivity index (χ1v) is 7.87. The number of hydrogen-bond donors (Lipinski definition) is 1. The van der Waals surface area contributed by atoms with Crippen LogP contribution in [0.2, 0.25) is 0 Å². The highest BCUT2D eigenvalue weighted by Gasteiger charge is 2.32. The topological polar surface area (TPSA) is 72.6 Å². The second-order valence-electron chi connectivity index (χ2n) is 5.97. The number of nitrogens with zero attached hydrogens (tertiary/aromatic N) is 1. The molecular formula is C14H24N2O3S. The van der Waals surface area contributed by atoms with Crippen LogP contribution in [-0.2, 0) is 10.0 Å². The maximum atomic E-state index is 12.6. The van der Waals surface area contributed by atoms with Crippen LogP contribution in [0.3, 0.4) is 0 Å². The highest BCUT2D eigenvalue weighted by atomic mass is 32.2. The molecule has 1 rings (SSSR count). The Morgan fingerprint density at radius 2 is 1.85 bits per heavy atom. The minimum atomic E-state index is -3.57. The monoisotopic (exact) mass is 300 g/mol. The Labute approximate surface area is 121 Å². The SMILES string of the molecule is COc1cc(S(=O)(=O)N(C)C(C)C(C)(C)C)ccc1N. The van der Waals surface area contributed by atoms with Crippen molar-refractivity contribution in [2.75, 3.05) is 19.9 Å².